The summed E-state index contributed by atoms with van der Waals surface area (Å²) in [6, 6.07) is 5.64. The van der Waals surface area contributed by atoms with Gasteiger partial charge in [-0.3, -0.25) is 4.79 Å². The number of methoxy groups -OCH3 is 1. The zero-order valence-electron chi connectivity index (χ0n) is 11.6. The summed E-state index contributed by atoms with van der Waals surface area (Å²) in [6.07, 6.45) is 2.05. The molecule has 1 aliphatic heterocycles. The van der Waals surface area contributed by atoms with Gasteiger partial charge in [0.2, 0.25) is 0 Å². The topological polar surface area (TPSA) is 35.5 Å². The summed E-state index contributed by atoms with van der Waals surface area (Å²) in [5, 5.41) is 0. The van der Waals surface area contributed by atoms with E-state index in [0.29, 0.717) is 5.75 Å². The molecule has 4 heteroatoms. The number of hydrogen-bond acceptors (Lipinski definition) is 4. The van der Waals surface area contributed by atoms with Gasteiger partial charge in [0, 0.05) is 16.2 Å². The summed E-state index contributed by atoms with van der Waals surface area (Å²) < 4.78 is 10.7. The number of benzene rings is 1. The van der Waals surface area contributed by atoms with E-state index in [1.807, 2.05) is 39.0 Å². The molecular formula is C15H18O3S. The normalized spacial score (nSPS) is 14.4. The van der Waals surface area contributed by atoms with Gasteiger partial charge in [-0.15, -0.1) is 11.8 Å². The predicted octanol–water partition coefficient (Wildman–Crippen LogP) is 3.73. The van der Waals surface area contributed by atoms with Gasteiger partial charge in [0.05, 0.1) is 12.5 Å². The molecule has 102 valence electrons. The zero-order valence-corrected chi connectivity index (χ0v) is 12.5. The van der Waals surface area contributed by atoms with Crippen molar-refractivity contribution in [2.45, 2.75) is 25.7 Å². The number of carbonyl (C=O) groups excluding carboxylic acids is 1. The minimum Gasteiger partial charge on any atom is -0.496 e. The van der Waals surface area contributed by atoms with E-state index in [2.05, 4.69) is 0 Å². The molecule has 0 amide bonds. The number of ether oxygens (including phenoxy) is 2. The monoisotopic (exact) mass is 278 g/mol. The summed E-state index contributed by atoms with van der Waals surface area (Å²) in [7, 11) is 1.67. The Kier molecular flexibility index (Phi) is 3.90. The molecule has 0 unspecified atom stereocenters. The largest absolute Gasteiger partial charge is 0.496 e. The zero-order chi connectivity index (χ0) is 14.0. The van der Waals surface area contributed by atoms with E-state index in [1.54, 1.807) is 24.9 Å². The Balaban J connectivity index is 2.23. The Morgan fingerprint density at radius 2 is 2.05 bits per heavy atom. The van der Waals surface area contributed by atoms with Gasteiger partial charge in [-0.2, -0.15) is 0 Å². The van der Waals surface area contributed by atoms with Crippen LogP contribution in [0.3, 0.4) is 0 Å². The predicted molar refractivity (Wildman–Crippen MR) is 77.2 cm³/mol. The highest BCUT2D eigenvalue weighted by Gasteiger charge is 2.24. The number of carbonyl (C=O) groups is 1. The molecule has 1 heterocycles. The first-order valence-corrected chi connectivity index (χ1v) is 7.14. The Bertz CT molecular complexity index is 527. The highest BCUT2D eigenvalue weighted by atomic mass is 32.2. The molecule has 0 saturated carbocycles. The molecule has 1 aromatic carbocycles. The lowest BCUT2D eigenvalue weighted by Gasteiger charge is -2.19. The van der Waals surface area contributed by atoms with Crippen LogP contribution in [0.4, 0.5) is 0 Å². The minimum atomic E-state index is -0.499. The van der Waals surface area contributed by atoms with Crippen molar-refractivity contribution >= 4 is 23.5 Å². The van der Waals surface area contributed by atoms with E-state index in [0.717, 1.165) is 22.0 Å². The molecule has 0 spiro atoms. The third-order valence-corrected chi connectivity index (χ3v) is 3.75. The average molecular weight is 278 g/mol. The van der Waals surface area contributed by atoms with Gasteiger partial charge in [0.1, 0.15) is 11.5 Å². The number of hydrogen-bond donors (Lipinski definition) is 0. The lowest BCUT2D eigenvalue weighted by Crippen LogP contribution is -2.25. The van der Waals surface area contributed by atoms with Crippen LogP contribution in [0.5, 0.6) is 5.75 Å². The Morgan fingerprint density at radius 1 is 1.32 bits per heavy atom. The molecule has 3 nitrogen and oxygen atoms in total. The van der Waals surface area contributed by atoms with Crippen LogP contribution in [0.2, 0.25) is 0 Å². The summed E-state index contributed by atoms with van der Waals surface area (Å²) in [5.41, 5.74) is 0.551. The molecule has 0 atom stereocenters. The van der Waals surface area contributed by atoms with Gasteiger partial charge >= 0.3 is 5.97 Å². The van der Waals surface area contributed by atoms with Crippen LogP contribution in [0, 0.1) is 5.41 Å². The van der Waals surface area contributed by atoms with Crippen molar-refractivity contribution in [2.75, 3.05) is 12.9 Å². The first-order chi connectivity index (χ1) is 8.91. The van der Waals surface area contributed by atoms with Gasteiger partial charge in [0.15, 0.2) is 0 Å². The molecule has 0 fully saturated rings. The summed E-state index contributed by atoms with van der Waals surface area (Å²) >= 11 is 1.71. The van der Waals surface area contributed by atoms with Crippen molar-refractivity contribution < 1.29 is 14.3 Å². The quantitative estimate of drug-likeness (QED) is 0.610. The average Bonchev–Trinajstić information content (AvgIpc) is 2.36. The molecule has 0 aromatic heterocycles. The highest BCUT2D eigenvalue weighted by Crippen LogP contribution is 2.36. The van der Waals surface area contributed by atoms with Crippen LogP contribution in [-0.4, -0.2) is 18.8 Å². The van der Waals surface area contributed by atoms with Gasteiger partial charge in [-0.05, 0) is 45.0 Å². The summed E-state index contributed by atoms with van der Waals surface area (Å²) in [6.45, 7) is 5.52. The first kappa shape index (κ1) is 14.0. The number of rotatable bonds is 2. The molecule has 1 aliphatic rings. The highest BCUT2D eigenvalue weighted by molar-refractivity contribution is 7.99. The van der Waals surface area contributed by atoms with Gasteiger partial charge < -0.3 is 9.47 Å². The Morgan fingerprint density at radius 3 is 2.68 bits per heavy atom. The van der Waals surface area contributed by atoms with Crippen LogP contribution in [0.1, 0.15) is 26.3 Å². The molecule has 2 rings (SSSR count). The minimum absolute atomic E-state index is 0.226. The van der Waals surface area contributed by atoms with E-state index in [1.165, 1.54) is 0 Å². The van der Waals surface area contributed by atoms with Crippen molar-refractivity contribution in [1.82, 2.24) is 0 Å². The third-order valence-electron chi connectivity index (χ3n) is 2.77. The summed E-state index contributed by atoms with van der Waals surface area (Å²) in [5.74, 6) is 2.11. The Hall–Kier alpha value is -1.42. The number of fused-ring (bicyclic) bond motifs is 1. The first-order valence-electron chi connectivity index (χ1n) is 6.15. The van der Waals surface area contributed by atoms with Crippen LogP contribution < -0.4 is 4.74 Å². The lowest BCUT2D eigenvalue weighted by atomic mass is 9.97. The maximum absolute atomic E-state index is 11.9. The molecular weight excluding hydrogens is 260 g/mol. The van der Waals surface area contributed by atoms with E-state index in [9.17, 15) is 4.79 Å². The van der Waals surface area contributed by atoms with Crippen LogP contribution in [0.15, 0.2) is 29.2 Å². The van der Waals surface area contributed by atoms with E-state index in [-0.39, 0.29) is 5.97 Å². The van der Waals surface area contributed by atoms with Crippen LogP contribution >= 0.6 is 11.8 Å². The second kappa shape index (κ2) is 5.29. The smallest absolute Gasteiger partial charge is 0.316 e. The van der Waals surface area contributed by atoms with Crippen molar-refractivity contribution in [2.24, 2.45) is 5.41 Å². The molecule has 19 heavy (non-hydrogen) atoms. The van der Waals surface area contributed by atoms with Crippen molar-refractivity contribution in [1.29, 1.82) is 0 Å². The molecule has 1 aromatic rings. The number of thioether (sulfide) groups is 1. The molecule has 0 N–H and O–H groups in total. The maximum Gasteiger partial charge on any atom is 0.316 e. The fourth-order valence-electron chi connectivity index (χ4n) is 1.66. The van der Waals surface area contributed by atoms with E-state index in [4.69, 9.17) is 9.47 Å². The fraction of sp³-hybridized carbons (Fsp3) is 0.400. The van der Waals surface area contributed by atoms with Crippen LogP contribution in [-0.2, 0) is 9.53 Å². The second-order valence-corrected chi connectivity index (χ2v) is 6.44. The maximum atomic E-state index is 11.9. The molecule has 0 aliphatic carbocycles. The SMILES string of the molecule is COC1=CCSc2cc(OC(=O)C(C)(C)C)ccc21. The molecule has 0 radical (unpaired) electrons. The van der Waals surface area contributed by atoms with E-state index < -0.39 is 5.41 Å². The molecule has 0 bridgehead atoms. The molecule has 0 saturated heterocycles. The standard InChI is InChI=1S/C15H18O3S/c1-15(2,3)14(16)18-10-5-6-11-12(17-4)7-8-19-13(11)9-10/h5-7,9H,8H2,1-4H3. The number of esters is 1. The van der Waals surface area contributed by atoms with Gasteiger partial charge in [-0.1, -0.05) is 0 Å². The van der Waals surface area contributed by atoms with E-state index >= 15 is 0 Å². The summed E-state index contributed by atoms with van der Waals surface area (Å²) in [4.78, 5) is 12.9. The fourth-order valence-corrected chi connectivity index (χ4v) is 2.60. The van der Waals surface area contributed by atoms with Crippen molar-refractivity contribution in [3.63, 3.8) is 0 Å². The second-order valence-electron chi connectivity index (χ2n) is 5.38. The Labute approximate surface area is 118 Å². The van der Waals surface area contributed by atoms with Crippen molar-refractivity contribution in [3.8, 4) is 5.75 Å². The lowest BCUT2D eigenvalue weighted by molar-refractivity contribution is -0.143. The van der Waals surface area contributed by atoms with Crippen LogP contribution in [0.25, 0.3) is 5.76 Å². The van der Waals surface area contributed by atoms with Crippen molar-refractivity contribution in [3.05, 3.63) is 29.8 Å². The van der Waals surface area contributed by atoms with Gasteiger partial charge in [0.25, 0.3) is 0 Å². The third kappa shape index (κ3) is 3.13. The van der Waals surface area contributed by atoms with Gasteiger partial charge in [-0.25, -0.2) is 0 Å².